The fourth-order valence-corrected chi connectivity index (χ4v) is 3.50. The molecule has 5 heteroatoms. The molecule has 4 nitrogen and oxygen atoms in total. The van der Waals surface area contributed by atoms with Crippen molar-refractivity contribution in [3.05, 3.63) is 76.3 Å². The first kappa shape index (κ1) is 18.8. The number of quaternary nitrogens is 1. The van der Waals surface area contributed by atoms with Crippen LogP contribution >= 0.6 is 15.9 Å². The second kappa shape index (κ2) is 9.67. The minimum atomic E-state index is -0.0812. The molecule has 2 aromatic carbocycles. The molecule has 26 heavy (non-hydrogen) atoms. The normalized spacial score (nSPS) is 16.5. The molecule has 0 bridgehead atoms. The summed E-state index contributed by atoms with van der Waals surface area (Å²) < 4.78 is 6.42. The maximum Gasteiger partial charge on any atom is 0.244 e. The SMILES string of the molecule is O=C(/C=C/c1ccccc1Br)N[C@@H](C[NH+]1CCOCC1)c1ccccc1. The first-order valence-electron chi connectivity index (χ1n) is 8.92. The summed E-state index contributed by atoms with van der Waals surface area (Å²) in [5.74, 6) is -0.0812. The Morgan fingerprint density at radius 1 is 1.12 bits per heavy atom. The van der Waals surface area contributed by atoms with Crippen LogP contribution in [0.3, 0.4) is 0 Å². The zero-order valence-electron chi connectivity index (χ0n) is 14.7. The van der Waals surface area contributed by atoms with Crippen LogP contribution in [0.1, 0.15) is 17.2 Å². The van der Waals surface area contributed by atoms with Crippen LogP contribution in [-0.2, 0) is 9.53 Å². The minimum absolute atomic E-state index is 0.0133. The largest absolute Gasteiger partial charge is 0.370 e. The number of ether oxygens (including phenoxy) is 1. The van der Waals surface area contributed by atoms with Gasteiger partial charge in [0.2, 0.25) is 5.91 Å². The summed E-state index contributed by atoms with van der Waals surface area (Å²) in [6.45, 7) is 4.39. The Morgan fingerprint density at radius 2 is 1.81 bits per heavy atom. The highest BCUT2D eigenvalue weighted by molar-refractivity contribution is 9.10. The molecule has 1 aliphatic heterocycles. The van der Waals surface area contributed by atoms with Gasteiger partial charge in [0.15, 0.2) is 0 Å². The Kier molecular flexibility index (Phi) is 7.00. The molecule has 1 heterocycles. The molecule has 0 unspecified atom stereocenters. The maximum absolute atomic E-state index is 12.5. The smallest absolute Gasteiger partial charge is 0.244 e. The number of amides is 1. The van der Waals surface area contributed by atoms with Crippen molar-refractivity contribution in [2.45, 2.75) is 6.04 Å². The van der Waals surface area contributed by atoms with Crippen LogP contribution in [0.4, 0.5) is 0 Å². The first-order valence-corrected chi connectivity index (χ1v) is 9.71. The van der Waals surface area contributed by atoms with Gasteiger partial charge in [-0.25, -0.2) is 0 Å². The van der Waals surface area contributed by atoms with Crippen molar-refractivity contribution < 1.29 is 14.4 Å². The molecule has 1 saturated heterocycles. The van der Waals surface area contributed by atoms with Gasteiger partial charge < -0.3 is 15.0 Å². The second-order valence-electron chi connectivity index (χ2n) is 6.39. The number of carbonyl (C=O) groups excluding carboxylic acids is 1. The Labute approximate surface area is 163 Å². The van der Waals surface area contributed by atoms with Crippen LogP contribution < -0.4 is 10.2 Å². The quantitative estimate of drug-likeness (QED) is 0.710. The number of halogens is 1. The highest BCUT2D eigenvalue weighted by Crippen LogP contribution is 2.17. The monoisotopic (exact) mass is 415 g/mol. The molecule has 0 radical (unpaired) electrons. The fraction of sp³-hybridized carbons (Fsp3) is 0.286. The van der Waals surface area contributed by atoms with Gasteiger partial charge in [-0.05, 0) is 23.3 Å². The number of benzene rings is 2. The Hall–Kier alpha value is -1.95. The lowest BCUT2D eigenvalue weighted by atomic mass is 10.1. The predicted octanol–water partition coefficient (Wildman–Crippen LogP) is 2.23. The van der Waals surface area contributed by atoms with E-state index < -0.39 is 0 Å². The molecule has 0 saturated carbocycles. The van der Waals surface area contributed by atoms with Crippen LogP contribution in [0.25, 0.3) is 6.08 Å². The van der Waals surface area contributed by atoms with Gasteiger partial charge in [0, 0.05) is 10.5 Å². The molecular weight excluding hydrogens is 392 g/mol. The van der Waals surface area contributed by atoms with Crippen LogP contribution in [0.2, 0.25) is 0 Å². The molecule has 136 valence electrons. The lowest BCUT2D eigenvalue weighted by molar-refractivity contribution is -0.909. The summed E-state index contributed by atoms with van der Waals surface area (Å²) in [7, 11) is 0. The summed E-state index contributed by atoms with van der Waals surface area (Å²) in [5.41, 5.74) is 2.12. The second-order valence-corrected chi connectivity index (χ2v) is 7.25. The summed E-state index contributed by atoms with van der Waals surface area (Å²) in [6.07, 6.45) is 3.44. The van der Waals surface area contributed by atoms with E-state index >= 15 is 0 Å². The number of morpholine rings is 1. The third kappa shape index (κ3) is 5.53. The van der Waals surface area contributed by atoms with E-state index in [1.807, 2.05) is 48.5 Å². The number of rotatable bonds is 6. The molecular formula is C21H24BrN2O2+. The van der Waals surface area contributed by atoms with Gasteiger partial charge in [-0.2, -0.15) is 0 Å². The third-order valence-electron chi connectivity index (χ3n) is 4.53. The van der Waals surface area contributed by atoms with Gasteiger partial charge in [0.05, 0.1) is 13.2 Å². The number of hydrogen-bond acceptors (Lipinski definition) is 2. The lowest BCUT2D eigenvalue weighted by Gasteiger charge is -2.28. The molecule has 1 amide bonds. The van der Waals surface area contributed by atoms with E-state index in [9.17, 15) is 4.79 Å². The molecule has 1 fully saturated rings. The molecule has 2 aromatic rings. The number of carbonyl (C=O) groups is 1. The molecule has 1 aliphatic rings. The van der Waals surface area contributed by atoms with E-state index in [2.05, 4.69) is 33.4 Å². The highest BCUT2D eigenvalue weighted by Gasteiger charge is 2.22. The first-order chi connectivity index (χ1) is 12.7. The van der Waals surface area contributed by atoms with E-state index in [1.54, 1.807) is 6.08 Å². The molecule has 0 aromatic heterocycles. The van der Waals surface area contributed by atoms with Crippen molar-refractivity contribution in [3.63, 3.8) is 0 Å². The Balaban J connectivity index is 1.68. The van der Waals surface area contributed by atoms with E-state index in [0.29, 0.717) is 0 Å². The Bertz CT molecular complexity index is 743. The van der Waals surface area contributed by atoms with Crippen LogP contribution in [0.5, 0.6) is 0 Å². The summed E-state index contributed by atoms with van der Waals surface area (Å²) in [5, 5.41) is 3.17. The standard InChI is InChI=1S/C21H23BrN2O2/c22-19-9-5-4-6-17(19)10-11-21(25)23-20(18-7-2-1-3-8-18)16-24-12-14-26-15-13-24/h1-11,20H,12-16H2,(H,23,25)/p+1/b11-10+/t20-/m0/s1. The van der Waals surface area contributed by atoms with Crippen molar-refractivity contribution in [1.29, 1.82) is 0 Å². The van der Waals surface area contributed by atoms with Crippen LogP contribution in [-0.4, -0.2) is 38.8 Å². The predicted molar refractivity (Wildman–Crippen MR) is 107 cm³/mol. The average Bonchev–Trinajstić information content (AvgIpc) is 2.68. The van der Waals surface area contributed by atoms with Gasteiger partial charge in [-0.3, -0.25) is 4.79 Å². The molecule has 0 aliphatic carbocycles. The minimum Gasteiger partial charge on any atom is -0.370 e. The molecule has 2 N–H and O–H groups in total. The van der Waals surface area contributed by atoms with E-state index in [0.717, 1.165) is 48.4 Å². The summed E-state index contributed by atoms with van der Waals surface area (Å²) in [6, 6.07) is 18.0. The summed E-state index contributed by atoms with van der Waals surface area (Å²) in [4.78, 5) is 14.0. The lowest BCUT2D eigenvalue weighted by Crippen LogP contribution is -3.14. The van der Waals surface area contributed by atoms with Crippen LogP contribution in [0, 0.1) is 0 Å². The maximum atomic E-state index is 12.5. The third-order valence-corrected chi connectivity index (χ3v) is 5.25. The van der Waals surface area contributed by atoms with E-state index in [-0.39, 0.29) is 11.9 Å². The topological polar surface area (TPSA) is 42.8 Å². The van der Waals surface area contributed by atoms with Crippen molar-refractivity contribution in [2.24, 2.45) is 0 Å². The van der Waals surface area contributed by atoms with Gasteiger partial charge in [-0.15, -0.1) is 0 Å². The molecule has 1 atom stereocenters. The summed E-state index contributed by atoms with van der Waals surface area (Å²) >= 11 is 3.50. The molecule has 3 rings (SSSR count). The van der Waals surface area contributed by atoms with Gasteiger partial charge >= 0.3 is 0 Å². The molecule has 0 spiro atoms. The van der Waals surface area contributed by atoms with E-state index in [4.69, 9.17) is 4.74 Å². The van der Waals surface area contributed by atoms with Crippen molar-refractivity contribution >= 4 is 27.9 Å². The van der Waals surface area contributed by atoms with Gasteiger partial charge in [0.1, 0.15) is 25.7 Å². The van der Waals surface area contributed by atoms with Crippen LogP contribution in [0.15, 0.2) is 65.1 Å². The Morgan fingerprint density at radius 3 is 2.54 bits per heavy atom. The number of nitrogens with one attached hydrogen (secondary N) is 2. The van der Waals surface area contributed by atoms with Gasteiger partial charge in [0.25, 0.3) is 0 Å². The zero-order valence-corrected chi connectivity index (χ0v) is 16.2. The van der Waals surface area contributed by atoms with Crippen molar-refractivity contribution in [3.8, 4) is 0 Å². The van der Waals surface area contributed by atoms with E-state index in [1.165, 1.54) is 4.90 Å². The average molecular weight is 416 g/mol. The fourth-order valence-electron chi connectivity index (χ4n) is 3.09. The number of hydrogen-bond donors (Lipinski definition) is 2. The van der Waals surface area contributed by atoms with Crippen molar-refractivity contribution in [2.75, 3.05) is 32.8 Å². The zero-order chi connectivity index (χ0) is 18.2. The van der Waals surface area contributed by atoms with Crippen molar-refractivity contribution in [1.82, 2.24) is 5.32 Å². The van der Waals surface area contributed by atoms with Gasteiger partial charge in [-0.1, -0.05) is 64.5 Å². The highest BCUT2D eigenvalue weighted by atomic mass is 79.9.